The molecule has 3 aromatic rings. The Morgan fingerprint density at radius 2 is 2.22 bits per heavy atom. The quantitative estimate of drug-likeness (QED) is 0.485. The number of hydrogen-bond acceptors (Lipinski definition) is 9. The molecule has 0 saturated heterocycles. The topological polar surface area (TPSA) is 146 Å². The van der Waals surface area contributed by atoms with Crippen molar-refractivity contribution in [2.45, 2.75) is 19.8 Å². The fourth-order valence-electron chi connectivity index (χ4n) is 2.40. The van der Waals surface area contributed by atoms with Crippen molar-refractivity contribution < 1.29 is 14.2 Å². The second-order valence-electron chi connectivity index (χ2n) is 5.84. The van der Waals surface area contributed by atoms with Gasteiger partial charge in [0, 0.05) is 0 Å². The summed E-state index contributed by atoms with van der Waals surface area (Å²) in [7, 11) is 1.58. The van der Waals surface area contributed by atoms with Gasteiger partial charge in [0.15, 0.2) is 5.69 Å². The summed E-state index contributed by atoms with van der Waals surface area (Å²) in [5.41, 5.74) is 9.52. The number of carbonyl (C=O) groups excluding carboxylic acids is 1. The summed E-state index contributed by atoms with van der Waals surface area (Å²) in [5.74, 6) is 0.294. The van der Waals surface area contributed by atoms with Gasteiger partial charge in [-0.3, -0.25) is 4.79 Å². The monoisotopic (exact) mass is 370 g/mol. The van der Waals surface area contributed by atoms with Crippen LogP contribution in [0.3, 0.4) is 0 Å². The molecule has 27 heavy (non-hydrogen) atoms. The van der Waals surface area contributed by atoms with Crippen molar-refractivity contribution in [1.29, 1.82) is 0 Å². The lowest BCUT2D eigenvalue weighted by atomic mass is 10.1. The van der Waals surface area contributed by atoms with Crippen molar-refractivity contribution in [3.8, 4) is 11.6 Å². The summed E-state index contributed by atoms with van der Waals surface area (Å²) in [5, 5.41) is 19.0. The largest absolute Gasteiger partial charge is 0.497 e. The molecule has 3 N–H and O–H groups in total. The number of methoxy groups -OCH3 is 1. The number of anilines is 1. The highest BCUT2D eigenvalue weighted by molar-refractivity contribution is 5.94. The average molecular weight is 370 g/mol. The predicted molar refractivity (Wildman–Crippen MR) is 95.8 cm³/mol. The maximum Gasteiger partial charge on any atom is 0.293 e. The summed E-state index contributed by atoms with van der Waals surface area (Å²) in [6.45, 7) is 3.77. The number of nitrogen functional groups attached to an aromatic ring is 1. The summed E-state index contributed by atoms with van der Waals surface area (Å²) in [4.78, 5) is 12.5. The molecule has 11 nitrogen and oxygen atoms in total. The highest BCUT2D eigenvalue weighted by atomic mass is 16.6. The summed E-state index contributed by atoms with van der Waals surface area (Å²) >= 11 is 0. The molecule has 0 bridgehead atoms. The van der Waals surface area contributed by atoms with Crippen LogP contribution >= 0.6 is 0 Å². The molecule has 0 fully saturated rings. The first kappa shape index (κ1) is 18.0. The maximum atomic E-state index is 12.5. The van der Waals surface area contributed by atoms with Crippen LogP contribution in [-0.2, 0) is 0 Å². The van der Waals surface area contributed by atoms with Crippen LogP contribution in [0.15, 0.2) is 34.0 Å². The molecule has 0 aliphatic rings. The first-order valence-corrected chi connectivity index (χ1v) is 8.02. The van der Waals surface area contributed by atoms with E-state index in [2.05, 4.69) is 35.8 Å². The Labute approximate surface area is 154 Å². The van der Waals surface area contributed by atoms with Crippen molar-refractivity contribution in [1.82, 2.24) is 30.7 Å². The van der Waals surface area contributed by atoms with Crippen LogP contribution in [0.5, 0.6) is 5.75 Å². The van der Waals surface area contributed by atoms with Gasteiger partial charge in [-0.15, -0.1) is 5.10 Å². The molecule has 0 atom stereocenters. The van der Waals surface area contributed by atoms with Gasteiger partial charge in [0.1, 0.15) is 5.75 Å². The molecule has 1 aromatic carbocycles. The summed E-state index contributed by atoms with van der Waals surface area (Å²) in [6, 6.07) is 7.24. The molecule has 1 amide bonds. The number of nitrogens with zero attached hydrogens (tertiary/aromatic N) is 6. The number of ether oxygens (including phenoxy) is 1. The van der Waals surface area contributed by atoms with Crippen molar-refractivity contribution >= 4 is 17.9 Å². The SMILES string of the molecule is COc1cccc(/C=N\NC(=O)c2nnn(-c3nonc3N)c2C(C)C)c1. The predicted octanol–water partition coefficient (Wildman–Crippen LogP) is 1.13. The van der Waals surface area contributed by atoms with Crippen molar-refractivity contribution in [2.24, 2.45) is 5.10 Å². The number of amides is 1. The summed E-state index contributed by atoms with van der Waals surface area (Å²) < 4.78 is 11.1. The molecule has 0 saturated carbocycles. The Bertz CT molecular complexity index is 976. The van der Waals surface area contributed by atoms with Gasteiger partial charge in [0.05, 0.1) is 19.0 Å². The number of hydrazone groups is 1. The Kier molecular flexibility index (Phi) is 5.11. The van der Waals surface area contributed by atoms with Gasteiger partial charge in [0.25, 0.3) is 5.91 Å². The number of carbonyl (C=O) groups is 1. The maximum absolute atomic E-state index is 12.5. The Hall–Kier alpha value is -3.76. The molecule has 140 valence electrons. The second-order valence-corrected chi connectivity index (χ2v) is 5.84. The zero-order chi connectivity index (χ0) is 19.4. The van der Waals surface area contributed by atoms with E-state index in [1.165, 1.54) is 10.9 Å². The van der Waals surface area contributed by atoms with E-state index in [0.717, 1.165) is 5.56 Å². The average Bonchev–Trinajstić information content (AvgIpc) is 3.27. The van der Waals surface area contributed by atoms with Crippen LogP contribution in [0.25, 0.3) is 5.82 Å². The third kappa shape index (κ3) is 3.76. The molecular weight excluding hydrogens is 352 g/mol. The Morgan fingerprint density at radius 1 is 1.41 bits per heavy atom. The number of hydrogen-bond donors (Lipinski definition) is 2. The van der Waals surface area contributed by atoms with Gasteiger partial charge >= 0.3 is 0 Å². The Balaban J connectivity index is 1.81. The summed E-state index contributed by atoms with van der Waals surface area (Å²) in [6.07, 6.45) is 1.50. The van der Waals surface area contributed by atoms with Gasteiger partial charge in [-0.1, -0.05) is 31.2 Å². The van der Waals surface area contributed by atoms with Crippen molar-refractivity contribution in [2.75, 3.05) is 12.8 Å². The number of nitrogens with one attached hydrogen (secondary N) is 1. The minimum atomic E-state index is -0.515. The molecule has 11 heteroatoms. The van der Waals surface area contributed by atoms with Crippen molar-refractivity contribution in [3.05, 3.63) is 41.2 Å². The van der Waals surface area contributed by atoms with Crippen molar-refractivity contribution in [3.63, 3.8) is 0 Å². The van der Waals surface area contributed by atoms with Crippen LogP contribution in [0.2, 0.25) is 0 Å². The van der Waals surface area contributed by atoms with E-state index in [1.54, 1.807) is 13.2 Å². The van der Waals surface area contributed by atoms with Crippen LogP contribution in [0.1, 0.15) is 41.5 Å². The van der Waals surface area contributed by atoms with Gasteiger partial charge in [-0.2, -0.15) is 9.78 Å². The van der Waals surface area contributed by atoms with Crippen LogP contribution < -0.4 is 15.9 Å². The first-order valence-electron chi connectivity index (χ1n) is 8.02. The van der Waals surface area contributed by atoms with Gasteiger partial charge < -0.3 is 10.5 Å². The lowest BCUT2D eigenvalue weighted by Crippen LogP contribution is -2.21. The number of rotatable bonds is 6. The minimum Gasteiger partial charge on any atom is -0.497 e. The molecule has 0 spiro atoms. The van der Waals surface area contributed by atoms with Gasteiger partial charge in [-0.05, 0) is 33.9 Å². The number of aromatic nitrogens is 5. The zero-order valence-corrected chi connectivity index (χ0v) is 14.9. The van der Waals surface area contributed by atoms with Gasteiger partial charge in [-0.25, -0.2) is 10.1 Å². The first-order chi connectivity index (χ1) is 13.0. The van der Waals surface area contributed by atoms with E-state index in [0.29, 0.717) is 11.4 Å². The van der Waals surface area contributed by atoms with Crippen LogP contribution in [-0.4, -0.2) is 44.5 Å². The van der Waals surface area contributed by atoms with E-state index < -0.39 is 5.91 Å². The fourth-order valence-corrected chi connectivity index (χ4v) is 2.40. The van der Waals surface area contributed by atoms with E-state index in [1.807, 2.05) is 32.0 Å². The third-order valence-corrected chi connectivity index (χ3v) is 3.64. The molecular formula is C16H18N8O3. The van der Waals surface area contributed by atoms with E-state index in [4.69, 9.17) is 10.5 Å². The molecule has 3 rings (SSSR count). The molecule has 0 radical (unpaired) electrons. The highest BCUT2D eigenvalue weighted by Crippen LogP contribution is 2.22. The second kappa shape index (κ2) is 7.64. The lowest BCUT2D eigenvalue weighted by Gasteiger charge is -2.08. The number of nitrogens with two attached hydrogens (primary N) is 1. The molecule has 0 aliphatic heterocycles. The van der Waals surface area contributed by atoms with E-state index in [9.17, 15) is 4.79 Å². The lowest BCUT2D eigenvalue weighted by molar-refractivity contribution is 0.0948. The standard InChI is InChI=1S/C16H18N8O3/c1-9(2)13-12(19-23-24(13)15-14(17)21-27-22-15)16(25)20-18-8-10-5-4-6-11(7-10)26-3/h4-9H,1-3H3,(H2,17,21)(H,20,25)/b18-8-. The minimum absolute atomic E-state index is 0.0461. The molecule has 0 unspecified atom stereocenters. The van der Waals surface area contributed by atoms with Gasteiger partial charge in [0.2, 0.25) is 11.6 Å². The zero-order valence-electron chi connectivity index (χ0n) is 14.9. The van der Waals surface area contributed by atoms with Crippen LogP contribution in [0.4, 0.5) is 5.82 Å². The third-order valence-electron chi connectivity index (χ3n) is 3.64. The smallest absolute Gasteiger partial charge is 0.293 e. The molecule has 2 aromatic heterocycles. The van der Waals surface area contributed by atoms with E-state index >= 15 is 0 Å². The van der Waals surface area contributed by atoms with Crippen LogP contribution in [0, 0.1) is 0 Å². The Morgan fingerprint density at radius 3 is 2.89 bits per heavy atom. The molecule has 2 heterocycles. The fraction of sp³-hybridized carbons (Fsp3) is 0.250. The van der Waals surface area contributed by atoms with E-state index in [-0.39, 0.29) is 23.2 Å². The highest BCUT2D eigenvalue weighted by Gasteiger charge is 2.25. The number of benzene rings is 1. The normalized spacial score (nSPS) is 11.3. The molecule has 0 aliphatic carbocycles.